The highest BCUT2D eigenvalue weighted by molar-refractivity contribution is 5.97. The topological polar surface area (TPSA) is 87.3 Å². The molecule has 3 amide bonds. The Hall–Kier alpha value is -2.37. The molecule has 1 aromatic carbocycles. The largest absolute Gasteiger partial charge is 0.344 e. The molecule has 0 radical (unpaired) electrons. The highest BCUT2D eigenvalue weighted by Gasteiger charge is 2.31. The van der Waals surface area contributed by atoms with Crippen LogP contribution in [0.25, 0.3) is 0 Å². The summed E-state index contributed by atoms with van der Waals surface area (Å²) >= 11 is 0. The Labute approximate surface area is 155 Å². The molecule has 1 saturated carbocycles. The Bertz CT molecular complexity index is 634. The molecular weight excluding hydrogens is 330 g/mol. The van der Waals surface area contributed by atoms with Crippen molar-refractivity contribution in [2.24, 2.45) is 11.8 Å². The smallest absolute Gasteiger partial charge is 0.247 e. The van der Waals surface area contributed by atoms with Crippen LogP contribution in [-0.2, 0) is 14.4 Å². The number of carbonyl (C=O) groups excluding carboxylic acids is 3. The quantitative estimate of drug-likeness (QED) is 0.698. The number of nitrogens with one attached hydrogen (secondary N) is 3. The van der Waals surface area contributed by atoms with E-state index in [1.54, 1.807) is 24.3 Å². The van der Waals surface area contributed by atoms with Gasteiger partial charge in [-0.15, -0.1) is 0 Å². The molecule has 6 nitrogen and oxygen atoms in total. The lowest BCUT2D eigenvalue weighted by Gasteiger charge is -2.23. The molecule has 6 heteroatoms. The molecule has 0 saturated heterocycles. The van der Waals surface area contributed by atoms with Gasteiger partial charge in [0.2, 0.25) is 17.7 Å². The van der Waals surface area contributed by atoms with Crippen molar-refractivity contribution in [1.82, 2.24) is 5.32 Å². The van der Waals surface area contributed by atoms with E-state index < -0.39 is 6.04 Å². The number of carbonyl (C=O) groups is 3. The van der Waals surface area contributed by atoms with Crippen molar-refractivity contribution in [3.05, 3.63) is 24.3 Å². The molecule has 1 aromatic rings. The SMILES string of the molecule is CC(=O)NC(C(=O)Nc1ccc(NC(=O)CC(C)C)cc1)C1CCCC1. The van der Waals surface area contributed by atoms with Crippen molar-refractivity contribution >= 4 is 29.1 Å². The number of benzene rings is 1. The molecule has 0 heterocycles. The van der Waals surface area contributed by atoms with Gasteiger partial charge >= 0.3 is 0 Å². The molecule has 0 aromatic heterocycles. The first kappa shape index (κ1) is 19.9. The van der Waals surface area contributed by atoms with Crippen molar-refractivity contribution < 1.29 is 14.4 Å². The zero-order valence-electron chi connectivity index (χ0n) is 15.8. The standard InChI is InChI=1S/C20H29N3O3/c1-13(2)12-18(25)22-16-8-10-17(11-9-16)23-20(26)19(21-14(3)24)15-6-4-5-7-15/h8-11,13,15,19H,4-7,12H2,1-3H3,(H,21,24)(H,22,25)(H,23,26). The summed E-state index contributed by atoms with van der Waals surface area (Å²) < 4.78 is 0. The van der Waals surface area contributed by atoms with Gasteiger partial charge in [0.25, 0.3) is 0 Å². The van der Waals surface area contributed by atoms with Crippen LogP contribution in [0.1, 0.15) is 52.9 Å². The summed E-state index contributed by atoms with van der Waals surface area (Å²) in [4.78, 5) is 35.9. The highest BCUT2D eigenvalue weighted by Crippen LogP contribution is 2.28. The lowest BCUT2D eigenvalue weighted by Crippen LogP contribution is -2.47. The second-order valence-electron chi connectivity index (χ2n) is 7.44. The van der Waals surface area contributed by atoms with Gasteiger partial charge in [0, 0.05) is 24.7 Å². The maximum absolute atomic E-state index is 12.6. The Morgan fingerprint density at radius 2 is 1.54 bits per heavy atom. The third-order valence-corrected chi connectivity index (χ3v) is 4.54. The highest BCUT2D eigenvalue weighted by atomic mass is 16.2. The molecule has 26 heavy (non-hydrogen) atoms. The Kier molecular flexibility index (Phi) is 7.18. The first-order valence-electron chi connectivity index (χ1n) is 9.33. The summed E-state index contributed by atoms with van der Waals surface area (Å²) in [6, 6.07) is 6.53. The van der Waals surface area contributed by atoms with Gasteiger partial charge in [0.05, 0.1) is 0 Å². The third kappa shape index (κ3) is 6.17. The van der Waals surface area contributed by atoms with E-state index in [0.717, 1.165) is 25.7 Å². The first-order valence-corrected chi connectivity index (χ1v) is 9.33. The molecule has 142 valence electrons. The minimum absolute atomic E-state index is 0.0243. The Morgan fingerprint density at radius 3 is 2.04 bits per heavy atom. The van der Waals surface area contributed by atoms with E-state index in [4.69, 9.17) is 0 Å². The van der Waals surface area contributed by atoms with Gasteiger partial charge in [-0.25, -0.2) is 0 Å². The number of hydrogen-bond donors (Lipinski definition) is 3. The minimum atomic E-state index is -0.500. The summed E-state index contributed by atoms with van der Waals surface area (Å²) in [5.41, 5.74) is 1.34. The Morgan fingerprint density at radius 1 is 1.00 bits per heavy atom. The van der Waals surface area contributed by atoms with Crippen LogP contribution >= 0.6 is 0 Å². The van der Waals surface area contributed by atoms with Gasteiger partial charge in [-0.05, 0) is 48.9 Å². The molecule has 2 rings (SSSR count). The average molecular weight is 359 g/mol. The number of amides is 3. The minimum Gasteiger partial charge on any atom is -0.344 e. The fourth-order valence-corrected chi connectivity index (χ4v) is 3.35. The van der Waals surface area contributed by atoms with E-state index in [1.165, 1.54) is 6.92 Å². The summed E-state index contributed by atoms with van der Waals surface area (Å²) in [5.74, 6) is 0.0797. The van der Waals surface area contributed by atoms with Gasteiger partial charge in [-0.2, -0.15) is 0 Å². The second-order valence-corrected chi connectivity index (χ2v) is 7.44. The van der Waals surface area contributed by atoms with Crippen LogP contribution < -0.4 is 16.0 Å². The first-order chi connectivity index (χ1) is 12.3. The van der Waals surface area contributed by atoms with Crippen LogP contribution in [0, 0.1) is 11.8 Å². The average Bonchev–Trinajstić information content (AvgIpc) is 3.07. The van der Waals surface area contributed by atoms with Gasteiger partial charge < -0.3 is 16.0 Å². The van der Waals surface area contributed by atoms with Crippen LogP contribution in [0.4, 0.5) is 11.4 Å². The summed E-state index contributed by atoms with van der Waals surface area (Å²) in [6.45, 7) is 5.42. The van der Waals surface area contributed by atoms with E-state index >= 15 is 0 Å². The molecule has 3 N–H and O–H groups in total. The maximum Gasteiger partial charge on any atom is 0.247 e. The van der Waals surface area contributed by atoms with Crippen molar-refractivity contribution in [1.29, 1.82) is 0 Å². The van der Waals surface area contributed by atoms with Gasteiger partial charge in [-0.1, -0.05) is 26.7 Å². The summed E-state index contributed by atoms with van der Waals surface area (Å²) in [6.07, 6.45) is 4.58. The molecule has 1 aliphatic carbocycles. The number of rotatable bonds is 7. The predicted molar refractivity (Wildman–Crippen MR) is 103 cm³/mol. The molecule has 0 spiro atoms. The van der Waals surface area contributed by atoms with Crippen LogP contribution in [0.3, 0.4) is 0 Å². The van der Waals surface area contributed by atoms with E-state index in [9.17, 15) is 14.4 Å². The number of anilines is 2. The van der Waals surface area contributed by atoms with E-state index in [2.05, 4.69) is 16.0 Å². The van der Waals surface area contributed by atoms with Crippen molar-refractivity contribution in [3.8, 4) is 0 Å². The Balaban J connectivity index is 1.96. The van der Waals surface area contributed by atoms with Gasteiger partial charge in [0.1, 0.15) is 6.04 Å². The van der Waals surface area contributed by atoms with E-state index in [-0.39, 0.29) is 23.6 Å². The van der Waals surface area contributed by atoms with Crippen LogP contribution in [0.5, 0.6) is 0 Å². The van der Waals surface area contributed by atoms with Crippen LogP contribution in [0.15, 0.2) is 24.3 Å². The lowest BCUT2D eigenvalue weighted by molar-refractivity contribution is -0.126. The zero-order valence-corrected chi connectivity index (χ0v) is 15.8. The summed E-state index contributed by atoms with van der Waals surface area (Å²) in [7, 11) is 0. The molecule has 1 atom stereocenters. The fraction of sp³-hybridized carbons (Fsp3) is 0.550. The summed E-state index contributed by atoms with van der Waals surface area (Å²) in [5, 5.41) is 8.50. The van der Waals surface area contributed by atoms with Crippen LogP contribution in [0.2, 0.25) is 0 Å². The zero-order chi connectivity index (χ0) is 19.1. The molecule has 1 unspecified atom stereocenters. The molecule has 1 aliphatic rings. The van der Waals surface area contributed by atoms with Crippen molar-refractivity contribution in [2.45, 2.75) is 58.9 Å². The van der Waals surface area contributed by atoms with Gasteiger partial charge in [0.15, 0.2) is 0 Å². The number of hydrogen-bond acceptors (Lipinski definition) is 3. The fourth-order valence-electron chi connectivity index (χ4n) is 3.35. The van der Waals surface area contributed by atoms with Crippen molar-refractivity contribution in [3.63, 3.8) is 0 Å². The second kappa shape index (κ2) is 9.36. The molecule has 0 bridgehead atoms. The van der Waals surface area contributed by atoms with E-state index in [0.29, 0.717) is 23.7 Å². The molecule has 0 aliphatic heterocycles. The monoisotopic (exact) mass is 359 g/mol. The normalized spacial score (nSPS) is 15.5. The van der Waals surface area contributed by atoms with E-state index in [1.807, 2.05) is 13.8 Å². The van der Waals surface area contributed by atoms with Gasteiger partial charge in [-0.3, -0.25) is 14.4 Å². The lowest BCUT2D eigenvalue weighted by atomic mass is 9.97. The molecule has 1 fully saturated rings. The van der Waals surface area contributed by atoms with Crippen molar-refractivity contribution in [2.75, 3.05) is 10.6 Å². The maximum atomic E-state index is 12.6. The molecular formula is C20H29N3O3. The van der Waals surface area contributed by atoms with Crippen LogP contribution in [-0.4, -0.2) is 23.8 Å². The predicted octanol–water partition coefficient (Wildman–Crippen LogP) is 3.30. The third-order valence-electron chi connectivity index (χ3n) is 4.54.